The molecule has 0 heterocycles. The minimum atomic E-state index is -4.02. The first-order valence-electron chi connectivity index (χ1n) is 9.34. The summed E-state index contributed by atoms with van der Waals surface area (Å²) in [5.41, 5.74) is 2.47. The summed E-state index contributed by atoms with van der Waals surface area (Å²) in [6.45, 7) is 7.54. The number of sulfonamides is 1. The third kappa shape index (κ3) is 5.81. The molecular weight excluding hydrogens is 428 g/mol. The lowest BCUT2D eigenvalue weighted by Crippen LogP contribution is -2.23. The van der Waals surface area contributed by atoms with Crippen LogP contribution in [-0.2, 0) is 19.6 Å². The Balaban J connectivity index is 2.17. The molecule has 2 aromatic rings. The van der Waals surface area contributed by atoms with Crippen LogP contribution in [0.15, 0.2) is 41.3 Å². The average Bonchev–Trinajstić information content (AvgIpc) is 2.65. The molecule has 9 heteroatoms. The number of rotatable bonds is 7. The van der Waals surface area contributed by atoms with E-state index < -0.39 is 28.5 Å². The maximum atomic E-state index is 12.5. The van der Waals surface area contributed by atoms with Gasteiger partial charge in [-0.2, -0.15) is 0 Å². The van der Waals surface area contributed by atoms with E-state index in [9.17, 15) is 18.0 Å². The zero-order valence-electron chi connectivity index (χ0n) is 17.2. The third-order valence-electron chi connectivity index (χ3n) is 4.46. The van der Waals surface area contributed by atoms with Gasteiger partial charge in [-0.3, -0.25) is 4.79 Å². The fraction of sp³-hybridized carbons (Fsp3) is 0.333. The molecule has 1 amide bonds. The fourth-order valence-electron chi connectivity index (χ4n) is 2.92. The quantitative estimate of drug-likeness (QED) is 0.615. The third-order valence-corrected chi connectivity index (χ3v) is 5.70. The lowest BCUT2D eigenvalue weighted by Gasteiger charge is -2.20. The second kappa shape index (κ2) is 9.59. The Morgan fingerprint density at radius 1 is 1.07 bits per heavy atom. The van der Waals surface area contributed by atoms with Gasteiger partial charge in [-0.15, -0.1) is 0 Å². The number of nitrogens with one attached hydrogen (secondary N) is 1. The molecule has 3 N–H and O–H groups in total. The van der Waals surface area contributed by atoms with E-state index in [1.54, 1.807) is 0 Å². The van der Waals surface area contributed by atoms with Gasteiger partial charge in [0.25, 0.3) is 5.91 Å². The lowest BCUT2D eigenvalue weighted by molar-refractivity contribution is -0.119. The van der Waals surface area contributed by atoms with Crippen LogP contribution in [0.4, 0.5) is 5.69 Å². The fourth-order valence-corrected chi connectivity index (χ4v) is 3.65. The predicted octanol–water partition coefficient (Wildman–Crippen LogP) is 4.03. The van der Waals surface area contributed by atoms with E-state index in [4.69, 9.17) is 21.5 Å². The molecule has 0 unspecified atom stereocenters. The van der Waals surface area contributed by atoms with Gasteiger partial charge in [0, 0.05) is 5.69 Å². The largest absolute Gasteiger partial charge is 0.452 e. The first kappa shape index (κ1) is 23.9. The molecule has 0 spiro atoms. The van der Waals surface area contributed by atoms with Crippen molar-refractivity contribution in [1.82, 2.24) is 0 Å². The highest BCUT2D eigenvalue weighted by Crippen LogP contribution is 2.32. The molecule has 0 fully saturated rings. The average molecular weight is 453 g/mol. The van der Waals surface area contributed by atoms with Crippen molar-refractivity contribution in [3.63, 3.8) is 0 Å². The number of amides is 1. The predicted molar refractivity (Wildman–Crippen MR) is 116 cm³/mol. The van der Waals surface area contributed by atoms with Crippen molar-refractivity contribution in [3.8, 4) is 0 Å². The van der Waals surface area contributed by atoms with Gasteiger partial charge in [0.05, 0.1) is 15.5 Å². The molecule has 7 nitrogen and oxygen atoms in total. The smallest absolute Gasteiger partial charge is 0.340 e. The van der Waals surface area contributed by atoms with E-state index in [-0.39, 0.29) is 27.3 Å². The monoisotopic (exact) mass is 452 g/mol. The number of anilines is 1. The van der Waals surface area contributed by atoms with Gasteiger partial charge in [-0.25, -0.2) is 18.4 Å². The second-order valence-electron chi connectivity index (χ2n) is 7.43. The molecule has 0 bridgehead atoms. The number of primary sulfonamides is 1. The number of ether oxygens (including phenoxy) is 1. The van der Waals surface area contributed by atoms with E-state index in [0.717, 1.165) is 17.2 Å². The maximum absolute atomic E-state index is 12.5. The molecule has 0 aliphatic carbocycles. The topological polar surface area (TPSA) is 116 Å². The molecule has 0 aliphatic heterocycles. The van der Waals surface area contributed by atoms with Gasteiger partial charge in [0.1, 0.15) is 0 Å². The molecule has 0 saturated heterocycles. The van der Waals surface area contributed by atoms with E-state index in [1.807, 2.05) is 45.9 Å². The Morgan fingerprint density at radius 2 is 1.63 bits per heavy atom. The molecule has 0 saturated carbocycles. The van der Waals surface area contributed by atoms with Gasteiger partial charge in [0.2, 0.25) is 10.0 Å². The molecule has 2 aromatic carbocycles. The van der Waals surface area contributed by atoms with Crippen LogP contribution in [0.25, 0.3) is 0 Å². The van der Waals surface area contributed by atoms with Crippen LogP contribution < -0.4 is 10.5 Å². The summed E-state index contributed by atoms with van der Waals surface area (Å²) in [4.78, 5) is 24.5. The van der Waals surface area contributed by atoms with Gasteiger partial charge in [-0.05, 0) is 41.2 Å². The van der Waals surface area contributed by atoms with E-state index >= 15 is 0 Å². The van der Waals surface area contributed by atoms with Crippen molar-refractivity contribution in [2.45, 2.75) is 44.4 Å². The summed E-state index contributed by atoms with van der Waals surface area (Å²) in [6, 6.07) is 9.25. The number of nitrogens with two attached hydrogens (primary N) is 1. The highest BCUT2D eigenvalue weighted by molar-refractivity contribution is 7.89. The molecule has 0 radical (unpaired) electrons. The van der Waals surface area contributed by atoms with Crippen LogP contribution in [0.2, 0.25) is 5.02 Å². The number of halogens is 1. The zero-order valence-corrected chi connectivity index (χ0v) is 18.8. The van der Waals surface area contributed by atoms with Crippen LogP contribution in [-0.4, -0.2) is 26.9 Å². The van der Waals surface area contributed by atoms with Crippen LogP contribution in [0, 0.1) is 0 Å². The highest BCUT2D eigenvalue weighted by atomic mass is 35.5. The highest BCUT2D eigenvalue weighted by Gasteiger charge is 2.20. The number of carbonyl (C=O) groups is 2. The van der Waals surface area contributed by atoms with Crippen LogP contribution in [0.1, 0.15) is 61.0 Å². The summed E-state index contributed by atoms with van der Waals surface area (Å²) in [5.74, 6) is -1.08. The summed E-state index contributed by atoms with van der Waals surface area (Å²) < 4.78 is 28.0. The number of hydrogen-bond donors (Lipinski definition) is 2. The Labute approximate surface area is 181 Å². The van der Waals surface area contributed by atoms with Crippen LogP contribution in [0.3, 0.4) is 0 Å². The van der Waals surface area contributed by atoms with Gasteiger partial charge in [0.15, 0.2) is 6.61 Å². The molecule has 162 valence electrons. The number of carbonyl (C=O) groups excluding carboxylic acids is 2. The van der Waals surface area contributed by atoms with E-state index in [2.05, 4.69) is 5.32 Å². The summed E-state index contributed by atoms with van der Waals surface area (Å²) >= 11 is 5.96. The number of esters is 1. The van der Waals surface area contributed by atoms with Crippen molar-refractivity contribution in [3.05, 3.63) is 58.1 Å². The van der Waals surface area contributed by atoms with Crippen LogP contribution >= 0.6 is 11.6 Å². The summed E-state index contributed by atoms with van der Waals surface area (Å²) in [7, 11) is -4.02. The van der Waals surface area contributed by atoms with Crippen molar-refractivity contribution < 1.29 is 22.7 Å². The van der Waals surface area contributed by atoms with Crippen molar-refractivity contribution >= 4 is 39.2 Å². The van der Waals surface area contributed by atoms with Crippen LogP contribution in [0.5, 0.6) is 0 Å². The standard InChI is InChI=1S/C21H25ClN2O5S/c1-12(2)15-6-5-7-16(13(3)4)20(15)24-19(25)11-29-21(26)17-10-14(30(23,27)28)8-9-18(17)22/h5-10,12-13H,11H2,1-4H3,(H,24,25)(H2,23,27,28). The molecule has 0 aliphatic rings. The SMILES string of the molecule is CC(C)c1cccc(C(C)C)c1NC(=O)COC(=O)c1cc(S(N)(=O)=O)ccc1Cl. The van der Waals surface area contributed by atoms with Gasteiger partial charge >= 0.3 is 5.97 Å². The molecular formula is C21H25ClN2O5S. The Kier molecular flexibility index (Phi) is 7.63. The Hall–Kier alpha value is -2.42. The molecule has 0 atom stereocenters. The van der Waals surface area contributed by atoms with E-state index in [0.29, 0.717) is 5.69 Å². The Morgan fingerprint density at radius 3 is 2.13 bits per heavy atom. The zero-order chi connectivity index (χ0) is 22.6. The molecule has 30 heavy (non-hydrogen) atoms. The van der Waals surface area contributed by atoms with Gasteiger partial charge in [-0.1, -0.05) is 57.5 Å². The number of hydrogen-bond acceptors (Lipinski definition) is 5. The van der Waals surface area contributed by atoms with Crippen molar-refractivity contribution in [1.29, 1.82) is 0 Å². The minimum absolute atomic E-state index is 0.0138. The first-order valence-corrected chi connectivity index (χ1v) is 11.3. The molecule has 2 rings (SSSR count). The molecule has 0 aromatic heterocycles. The van der Waals surface area contributed by atoms with Gasteiger partial charge < -0.3 is 10.1 Å². The lowest BCUT2D eigenvalue weighted by atomic mass is 9.92. The maximum Gasteiger partial charge on any atom is 0.340 e. The van der Waals surface area contributed by atoms with Crippen molar-refractivity contribution in [2.24, 2.45) is 5.14 Å². The normalized spacial score (nSPS) is 11.6. The van der Waals surface area contributed by atoms with Crippen molar-refractivity contribution in [2.75, 3.05) is 11.9 Å². The summed E-state index contributed by atoms with van der Waals surface area (Å²) in [6.07, 6.45) is 0. The van der Waals surface area contributed by atoms with E-state index in [1.165, 1.54) is 12.1 Å². The Bertz CT molecular complexity index is 1040. The first-order chi connectivity index (χ1) is 13.9. The minimum Gasteiger partial charge on any atom is -0.452 e. The number of para-hydroxylation sites is 1. The second-order valence-corrected chi connectivity index (χ2v) is 9.40. The number of benzene rings is 2. The summed E-state index contributed by atoms with van der Waals surface area (Å²) in [5, 5.41) is 7.89.